The summed E-state index contributed by atoms with van der Waals surface area (Å²) in [5.41, 5.74) is 5.51. The van der Waals surface area contributed by atoms with Crippen LogP contribution in [0.2, 0.25) is 0 Å². The summed E-state index contributed by atoms with van der Waals surface area (Å²) in [5.74, 6) is 0.921. The lowest BCUT2D eigenvalue weighted by Crippen LogP contribution is -2.25. The van der Waals surface area contributed by atoms with Gasteiger partial charge < -0.3 is 16.2 Å². The minimum Gasteiger partial charge on any atom is -0.396 e. The molecule has 0 atom stereocenters. The van der Waals surface area contributed by atoms with Crippen molar-refractivity contribution in [3.8, 4) is 0 Å². The number of aromatic nitrogens is 2. The van der Waals surface area contributed by atoms with E-state index in [2.05, 4.69) is 45.1 Å². The van der Waals surface area contributed by atoms with E-state index < -0.39 is 0 Å². The van der Waals surface area contributed by atoms with Crippen LogP contribution in [-0.4, -0.2) is 28.2 Å². The van der Waals surface area contributed by atoms with E-state index in [0.29, 0.717) is 12.4 Å². The predicted molar refractivity (Wildman–Crippen MR) is 68.1 cm³/mol. The van der Waals surface area contributed by atoms with Crippen LogP contribution in [0.15, 0.2) is 10.7 Å². The van der Waals surface area contributed by atoms with Gasteiger partial charge in [-0.2, -0.15) is 4.98 Å². The van der Waals surface area contributed by atoms with E-state index in [9.17, 15) is 0 Å². The van der Waals surface area contributed by atoms with Gasteiger partial charge in [0.15, 0.2) is 0 Å². The van der Waals surface area contributed by atoms with Crippen molar-refractivity contribution in [3.05, 3.63) is 10.7 Å². The molecule has 5 nitrogen and oxygen atoms in total. The van der Waals surface area contributed by atoms with Gasteiger partial charge in [-0.1, -0.05) is 13.8 Å². The van der Waals surface area contributed by atoms with Gasteiger partial charge in [-0.05, 0) is 27.8 Å². The first-order valence-corrected chi connectivity index (χ1v) is 5.87. The van der Waals surface area contributed by atoms with Gasteiger partial charge in [-0.15, -0.1) is 0 Å². The monoisotopic (exact) mass is 288 g/mol. The molecule has 0 aliphatic carbocycles. The first kappa shape index (κ1) is 13.2. The second-order valence-corrected chi connectivity index (χ2v) is 5.27. The fourth-order valence-corrected chi connectivity index (χ4v) is 1.55. The van der Waals surface area contributed by atoms with E-state index in [1.54, 1.807) is 6.20 Å². The van der Waals surface area contributed by atoms with Crippen LogP contribution in [0, 0.1) is 5.41 Å². The van der Waals surface area contributed by atoms with Crippen LogP contribution in [0.5, 0.6) is 0 Å². The van der Waals surface area contributed by atoms with Crippen LogP contribution in [0.4, 0.5) is 11.8 Å². The van der Waals surface area contributed by atoms with E-state index in [4.69, 9.17) is 10.8 Å². The van der Waals surface area contributed by atoms with Crippen LogP contribution in [0.1, 0.15) is 20.3 Å². The van der Waals surface area contributed by atoms with Gasteiger partial charge in [0.05, 0.1) is 4.47 Å². The Morgan fingerprint density at radius 2 is 2.25 bits per heavy atom. The summed E-state index contributed by atoms with van der Waals surface area (Å²) in [7, 11) is 0. The highest BCUT2D eigenvalue weighted by molar-refractivity contribution is 9.10. The molecular weight excluding hydrogens is 272 g/mol. The molecule has 0 radical (unpaired) electrons. The Morgan fingerprint density at radius 3 is 2.88 bits per heavy atom. The summed E-state index contributed by atoms with van der Waals surface area (Å²) >= 11 is 3.34. The quantitative estimate of drug-likeness (QED) is 0.767. The molecule has 1 heterocycles. The van der Waals surface area contributed by atoms with Gasteiger partial charge in [0, 0.05) is 19.3 Å². The summed E-state index contributed by atoms with van der Waals surface area (Å²) in [6.07, 6.45) is 2.35. The highest BCUT2D eigenvalue weighted by Crippen LogP contribution is 2.23. The zero-order valence-corrected chi connectivity index (χ0v) is 11.1. The number of hydrogen-bond acceptors (Lipinski definition) is 5. The summed E-state index contributed by atoms with van der Waals surface area (Å²) in [6.45, 7) is 5.05. The normalized spacial score (nSPS) is 11.5. The fraction of sp³-hybridized carbons (Fsp3) is 0.600. The van der Waals surface area contributed by atoms with Crippen LogP contribution in [0.3, 0.4) is 0 Å². The van der Waals surface area contributed by atoms with Crippen LogP contribution >= 0.6 is 15.9 Å². The average molecular weight is 289 g/mol. The maximum absolute atomic E-state index is 8.92. The lowest BCUT2D eigenvalue weighted by molar-refractivity contribution is 0.220. The number of nitrogen functional groups attached to an aromatic ring is 1. The minimum absolute atomic E-state index is 0.00784. The van der Waals surface area contributed by atoms with Gasteiger partial charge in [-0.3, -0.25) is 0 Å². The molecule has 0 aromatic carbocycles. The van der Waals surface area contributed by atoms with Gasteiger partial charge in [0.25, 0.3) is 0 Å². The Kier molecular flexibility index (Phi) is 4.49. The molecule has 0 amide bonds. The molecule has 1 aromatic heterocycles. The van der Waals surface area contributed by atoms with Gasteiger partial charge >= 0.3 is 0 Å². The van der Waals surface area contributed by atoms with Crippen LogP contribution in [0.25, 0.3) is 0 Å². The van der Waals surface area contributed by atoms with Crippen molar-refractivity contribution in [1.82, 2.24) is 9.97 Å². The second-order valence-electron chi connectivity index (χ2n) is 4.42. The number of nitrogens with two attached hydrogens (primary N) is 1. The van der Waals surface area contributed by atoms with Crippen LogP contribution in [-0.2, 0) is 0 Å². The molecule has 0 fully saturated rings. The third-order valence-corrected chi connectivity index (χ3v) is 2.87. The topological polar surface area (TPSA) is 84.1 Å². The van der Waals surface area contributed by atoms with E-state index in [0.717, 1.165) is 10.9 Å². The Morgan fingerprint density at radius 1 is 1.56 bits per heavy atom. The third kappa shape index (κ3) is 3.94. The molecule has 6 heteroatoms. The van der Waals surface area contributed by atoms with E-state index in [1.807, 2.05) is 0 Å². The van der Waals surface area contributed by atoms with Crippen LogP contribution < -0.4 is 11.1 Å². The smallest absolute Gasteiger partial charge is 0.221 e. The van der Waals surface area contributed by atoms with Crippen molar-refractivity contribution >= 4 is 27.7 Å². The largest absolute Gasteiger partial charge is 0.396 e. The fourth-order valence-electron chi connectivity index (χ4n) is 1.22. The Labute approximate surface area is 104 Å². The van der Waals surface area contributed by atoms with Crippen molar-refractivity contribution in [1.29, 1.82) is 0 Å². The van der Waals surface area contributed by atoms with Gasteiger partial charge in [-0.25, -0.2) is 4.98 Å². The highest BCUT2D eigenvalue weighted by Gasteiger charge is 2.17. The first-order valence-electron chi connectivity index (χ1n) is 5.07. The molecule has 0 aliphatic heterocycles. The molecule has 0 saturated carbocycles. The molecule has 0 saturated heterocycles. The molecule has 0 bridgehead atoms. The molecule has 0 aliphatic rings. The van der Waals surface area contributed by atoms with Crippen molar-refractivity contribution in [3.63, 3.8) is 0 Å². The number of aliphatic hydroxyl groups is 1. The van der Waals surface area contributed by atoms with Crippen molar-refractivity contribution in [2.45, 2.75) is 20.3 Å². The molecule has 16 heavy (non-hydrogen) atoms. The Hall–Kier alpha value is -0.880. The molecule has 0 unspecified atom stereocenters. The summed E-state index contributed by atoms with van der Waals surface area (Å²) < 4.78 is 0.779. The lowest BCUT2D eigenvalue weighted by atomic mass is 9.90. The zero-order valence-electron chi connectivity index (χ0n) is 9.50. The first-order chi connectivity index (χ1) is 7.44. The van der Waals surface area contributed by atoms with Gasteiger partial charge in [0.2, 0.25) is 5.95 Å². The van der Waals surface area contributed by atoms with Crippen molar-refractivity contribution in [2.24, 2.45) is 5.41 Å². The maximum atomic E-state index is 8.92. The number of nitrogens with one attached hydrogen (secondary N) is 1. The molecule has 1 aromatic rings. The maximum Gasteiger partial charge on any atom is 0.221 e. The van der Waals surface area contributed by atoms with Crippen molar-refractivity contribution < 1.29 is 5.11 Å². The Balaban J connectivity index is 2.63. The zero-order chi connectivity index (χ0) is 12.2. The molecule has 0 spiro atoms. The van der Waals surface area contributed by atoms with E-state index >= 15 is 0 Å². The molecule has 4 N–H and O–H groups in total. The summed E-state index contributed by atoms with van der Waals surface area (Å²) in [4.78, 5) is 7.94. The predicted octanol–water partition coefficient (Wildman–Crippen LogP) is 1.64. The number of aliphatic hydroxyl groups excluding tert-OH is 1. The van der Waals surface area contributed by atoms with Crippen molar-refractivity contribution in [2.75, 3.05) is 24.2 Å². The minimum atomic E-state index is 0.00784. The summed E-state index contributed by atoms with van der Waals surface area (Å²) in [5, 5.41) is 12.1. The van der Waals surface area contributed by atoms with Gasteiger partial charge in [0.1, 0.15) is 5.82 Å². The molecular formula is C10H17BrN4O. The molecule has 1 rings (SSSR count). The second kappa shape index (κ2) is 5.45. The standard InChI is InChI=1S/C10H17BrN4O/c1-10(2,3-4-16)6-14-8-7(11)5-13-9(12)15-8/h5,16H,3-4,6H2,1-2H3,(H3,12,13,14,15). The number of hydrogen-bond donors (Lipinski definition) is 3. The molecule has 90 valence electrons. The number of nitrogens with zero attached hydrogens (tertiary/aromatic N) is 2. The Bertz CT molecular complexity index is 357. The SMILES string of the molecule is CC(C)(CCO)CNc1nc(N)ncc1Br. The lowest BCUT2D eigenvalue weighted by Gasteiger charge is -2.24. The average Bonchev–Trinajstić information content (AvgIpc) is 2.19. The van der Waals surface area contributed by atoms with E-state index in [1.165, 1.54) is 0 Å². The highest BCUT2D eigenvalue weighted by atomic mass is 79.9. The number of anilines is 2. The number of halogens is 1. The summed E-state index contributed by atoms with van der Waals surface area (Å²) in [6, 6.07) is 0. The third-order valence-electron chi connectivity index (χ3n) is 2.29. The number of rotatable bonds is 5. The van der Waals surface area contributed by atoms with E-state index in [-0.39, 0.29) is 18.0 Å².